The Hall–Kier alpha value is -4.25. The van der Waals surface area contributed by atoms with Crippen LogP contribution < -0.4 is 15.9 Å². The van der Waals surface area contributed by atoms with Gasteiger partial charge in [0.2, 0.25) is 0 Å². The van der Waals surface area contributed by atoms with Crippen molar-refractivity contribution in [2.45, 2.75) is 12.9 Å². The first-order chi connectivity index (χ1) is 16.9. The number of hydrogen-bond donors (Lipinski definition) is 2. The van der Waals surface area contributed by atoms with Crippen molar-refractivity contribution < 1.29 is 17.9 Å². The highest BCUT2D eigenvalue weighted by atomic mass is 32.1. The predicted octanol–water partition coefficient (Wildman–Crippen LogP) is 4.86. The fourth-order valence-electron chi connectivity index (χ4n) is 2.89. The predicted molar refractivity (Wildman–Crippen MR) is 132 cm³/mol. The average Bonchev–Trinajstić information content (AvgIpc) is 3.33. The standard InChI is InChI=1S/C23H18F3N5O.CH3NS/c24-23(25,26)32-21-12-10-20(11-13-21)31-16-27-22(30-31)19-8-6-18(7-9-19)15-29-28-14-17-4-2-1-3-5-17;2-1-3/h1-13,15-16,28H,14H2;1H,(H2,2,3). The molecule has 0 saturated heterocycles. The summed E-state index contributed by atoms with van der Waals surface area (Å²) in [6.07, 6.45) is -1.50. The minimum atomic E-state index is -4.73. The zero-order valence-corrected chi connectivity index (χ0v) is 19.1. The van der Waals surface area contributed by atoms with Crippen molar-refractivity contribution in [3.05, 3.63) is 96.3 Å². The molecule has 3 N–H and O–H groups in total. The topological polar surface area (TPSA) is 90.3 Å². The molecule has 0 spiro atoms. The van der Waals surface area contributed by atoms with Gasteiger partial charge in [-0.05, 0) is 35.4 Å². The van der Waals surface area contributed by atoms with Crippen LogP contribution in [0.25, 0.3) is 17.1 Å². The molecule has 1 aromatic heterocycles. The summed E-state index contributed by atoms with van der Waals surface area (Å²) in [5.41, 5.74) is 12.0. The van der Waals surface area contributed by atoms with Crippen molar-refractivity contribution in [2.75, 3.05) is 0 Å². The number of nitrogens with zero attached hydrogens (tertiary/aromatic N) is 4. The molecule has 1 heterocycles. The summed E-state index contributed by atoms with van der Waals surface area (Å²) in [7, 11) is 0. The molecular weight excluding hydrogens is 477 g/mol. The Labute approximate surface area is 205 Å². The maximum atomic E-state index is 12.3. The fourth-order valence-corrected chi connectivity index (χ4v) is 2.89. The molecule has 0 amide bonds. The van der Waals surface area contributed by atoms with Crippen LogP contribution in [0.3, 0.4) is 0 Å². The summed E-state index contributed by atoms with van der Waals surface area (Å²) in [5, 5.41) is 8.61. The van der Waals surface area contributed by atoms with Gasteiger partial charge in [0.15, 0.2) is 5.82 Å². The Morgan fingerprint density at radius 3 is 2.29 bits per heavy atom. The summed E-state index contributed by atoms with van der Waals surface area (Å²) in [5.74, 6) is 0.198. The van der Waals surface area contributed by atoms with E-state index in [0.717, 1.165) is 22.2 Å². The van der Waals surface area contributed by atoms with Crippen LogP contribution in [0, 0.1) is 0 Å². The van der Waals surface area contributed by atoms with Crippen molar-refractivity contribution in [3.63, 3.8) is 0 Å². The lowest BCUT2D eigenvalue weighted by Crippen LogP contribution is -2.17. The number of nitrogens with two attached hydrogens (primary N) is 1. The fraction of sp³-hybridized carbons (Fsp3) is 0.0833. The van der Waals surface area contributed by atoms with Crippen LogP contribution in [-0.4, -0.2) is 32.8 Å². The highest BCUT2D eigenvalue weighted by molar-refractivity contribution is 7.78. The number of nitrogens with one attached hydrogen (secondary N) is 1. The van der Waals surface area contributed by atoms with E-state index < -0.39 is 6.36 Å². The molecule has 0 fully saturated rings. The van der Waals surface area contributed by atoms with Gasteiger partial charge in [0.1, 0.15) is 12.1 Å². The lowest BCUT2D eigenvalue weighted by atomic mass is 10.1. The Kier molecular flexibility index (Phi) is 8.90. The molecule has 0 radical (unpaired) electrons. The number of hydrazone groups is 1. The molecule has 0 saturated carbocycles. The van der Waals surface area contributed by atoms with Crippen LogP contribution in [0.2, 0.25) is 0 Å². The van der Waals surface area contributed by atoms with Crippen molar-refractivity contribution >= 4 is 23.9 Å². The normalized spacial score (nSPS) is 10.9. The van der Waals surface area contributed by atoms with E-state index in [1.54, 1.807) is 6.21 Å². The average molecular weight is 499 g/mol. The van der Waals surface area contributed by atoms with Crippen LogP contribution in [0.4, 0.5) is 13.2 Å². The zero-order chi connectivity index (χ0) is 25.1. The molecule has 35 heavy (non-hydrogen) atoms. The molecular formula is C24H21F3N6OS. The molecule has 3 aromatic carbocycles. The second-order valence-corrected chi connectivity index (χ2v) is 7.16. The first kappa shape index (κ1) is 25.4. The molecule has 0 aliphatic carbocycles. The van der Waals surface area contributed by atoms with Gasteiger partial charge >= 0.3 is 6.36 Å². The van der Waals surface area contributed by atoms with E-state index in [4.69, 9.17) is 0 Å². The molecule has 0 aliphatic heterocycles. The molecule has 180 valence electrons. The van der Waals surface area contributed by atoms with Crippen molar-refractivity contribution in [2.24, 2.45) is 10.8 Å². The third kappa shape index (κ3) is 8.23. The number of benzene rings is 3. The quantitative estimate of drug-likeness (QED) is 0.215. The Bertz CT molecular complexity index is 1230. The van der Waals surface area contributed by atoms with E-state index in [1.165, 1.54) is 35.3 Å². The van der Waals surface area contributed by atoms with Gasteiger partial charge in [0, 0.05) is 5.56 Å². The number of thiocarbonyl (C=S) groups is 1. The van der Waals surface area contributed by atoms with E-state index in [2.05, 4.69) is 43.3 Å². The number of halogens is 3. The van der Waals surface area contributed by atoms with Crippen LogP contribution in [0.5, 0.6) is 5.75 Å². The minimum absolute atomic E-state index is 0.294. The van der Waals surface area contributed by atoms with Crippen molar-refractivity contribution in [3.8, 4) is 22.8 Å². The third-order valence-corrected chi connectivity index (χ3v) is 4.43. The first-order valence-electron chi connectivity index (χ1n) is 10.2. The molecule has 0 bridgehead atoms. The largest absolute Gasteiger partial charge is 0.573 e. The van der Waals surface area contributed by atoms with Gasteiger partial charge < -0.3 is 15.9 Å². The van der Waals surface area contributed by atoms with E-state index in [1.807, 2.05) is 54.6 Å². The van der Waals surface area contributed by atoms with E-state index in [0.29, 0.717) is 18.1 Å². The van der Waals surface area contributed by atoms with Crippen LogP contribution in [0.1, 0.15) is 11.1 Å². The smallest absolute Gasteiger partial charge is 0.406 e. The number of aromatic nitrogens is 3. The first-order valence-corrected chi connectivity index (χ1v) is 10.7. The van der Waals surface area contributed by atoms with Gasteiger partial charge in [0.05, 0.1) is 23.9 Å². The van der Waals surface area contributed by atoms with Gasteiger partial charge in [0.25, 0.3) is 0 Å². The van der Waals surface area contributed by atoms with Crippen LogP contribution in [0.15, 0.2) is 90.3 Å². The van der Waals surface area contributed by atoms with E-state index in [-0.39, 0.29) is 5.75 Å². The molecule has 0 unspecified atom stereocenters. The van der Waals surface area contributed by atoms with Gasteiger partial charge in [-0.2, -0.15) is 5.10 Å². The van der Waals surface area contributed by atoms with Gasteiger partial charge in [-0.3, -0.25) is 0 Å². The summed E-state index contributed by atoms with van der Waals surface area (Å²) >= 11 is 4.05. The maximum Gasteiger partial charge on any atom is 0.573 e. The lowest BCUT2D eigenvalue weighted by molar-refractivity contribution is -0.274. The molecule has 4 aromatic rings. The Morgan fingerprint density at radius 2 is 1.66 bits per heavy atom. The number of hydrogen-bond acceptors (Lipinski definition) is 6. The molecule has 11 heteroatoms. The summed E-state index contributed by atoms with van der Waals surface area (Å²) < 4.78 is 42.2. The highest BCUT2D eigenvalue weighted by Gasteiger charge is 2.31. The van der Waals surface area contributed by atoms with Crippen molar-refractivity contribution in [1.82, 2.24) is 20.2 Å². The zero-order valence-electron chi connectivity index (χ0n) is 18.3. The monoisotopic (exact) mass is 498 g/mol. The molecule has 0 atom stereocenters. The lowest BCUT2D eigenvalue weighted by Gasteiger charge is -2.09. The molecule has 4 rings (SSSR count). The third-order valence-electron chi connectivity index (χ3n) is 4.43. The summed E-state index contributed by atoms with van der Waals surface area (Å²) in [4.78, 5) is 4.28. The maximum absolute atomic E-state index is 12.3. The second kappa shape index (κ2) is 12.3. The number of alkyl halides is 3. The summed E-state index contributed by atoms with van der Waals surface area (Å²) in [6, 6.07) is 22.9. The Balaban J connectivity index is 0.00000108. The molecule has 7 nitrogen and oxygen atoms in total. The Morgan fingerprint density at radius 1 is 1.00 bits per heavy atom. The number of rotatable bonds is 7. The SMILES string of the molecule is FC(F)(F)Oc1ccc(-n2cnc(-c3ccc(C=NNCc4ccccc4)cc3)n2)cc1.NC=S. The van der Waals surface area contributed by atoms with Gasteiger partial charge in [-0.15, -0.1) is 18.3 Å². The molecule has 0 aliphatic rings. The summed E-state index contributed by atoms with van der Waals surface area (Å²) in [6.45, 7) is 0.639. The number of ether oxygens (including phenoxy) is 1. The second-order valence-electron chi connectivity index (χ2n) is 6.89. The van der Waals surface area contributed by atoms with E-state index >= 15 is 0 Å². The van der Waals surface area contributed by atoms with Crippen LogP contribution >= 0.6 is 12.2 Å². The van der Waals surface area contributed by atoms with Gasteiger partial charge in [-0.25, -0.2) is 9.67 Å². The van der Waals surface area contributed by atoms with Gasteiger partial charge in [-0.1, -0.05) is 66.8 Å². The van der Waals surface area contributed by atoms with E-state index in [9.17, 15) is 13.2 Å². The van der Waals surface area contributed by atoms with Crippen LogP contribution in [-0.2, 0) is 6.54 Å². The highest BCUT2D eigenvalue weighted by Crippen LogP contribution is 2.24. The van der Waals surface area contributed by atoms with Crippen molar-refractivity contribution in [1.29, 1.82) is 0 Å². The minimum Gasteiger partial charge on any atom is -0.406 e.